The summed E-state index contributed by atoms with van der Waals surface area (Å²) >= 11 is 0. The standard InChI is InChI=1S/C20H25N3O3/c1-3-11-26-18-10-7-16(12-19(18)25-4-2)14-22-23-20(24)13-15-5-8-17(21)9-6-15/h5-10,12,14H,3-4,11,13,21H2,1-2H3,(H,23,24)/b22-14-. The van der Waals surface area contributed by atoms with Crippen molar-refractivity contribution in [2.75, 3.05) is 18.9 Å². The zero-order valence-electron chi connectivity index (χ0n) is 15.2. The number of hydrazone groups is 1. The first-order valence-corrected chi connectivity index (χ1v) is 8.68. The molecule has 0 saturated carbocycles. The van der Waals surface area contributed by atoms with E-state index in [2.05, 4.69) is 17.5 Å². The molecule has 138 valence electrons. The van der Waals surface area contributed by atoms with Crippen LogP contribution in [0.5, 0.6) is 11.5 Å². The highest BCUT2D eigenvalue weighted by Crippen LogP contribution is 2.28. The topological polar surface area (TPSA) is 85.9 Å². The molecule has 26 heavy (non-hydrogen) atoms. The first-order valence-electron chi connectivity index (χ1n) is 8.68. The van der Waals surface area contributed by atoms with Crippen LogP contribution in [0.15, 0.2) is 47.6 Å². The van der Waals surface area contributed by atoms with Crippen LogP contribution < -0.4 is 20.6 Å². The molecule has 0 saturated heterocycles. The zero-order valence-corrected chi connectivity index (χ0v) is 15.2. The van der Waals surface area contributed by atoms with Gasteiger partial charge in [0.25, 0.3) is 0 Å². The summed E-state index contributed by atoms with van der Waals surface area (Å²) < 4.78 is 11.3. The SMILES string of the molecule is CCCOc1ccc(/C=N\NC(=O)Cc2ccc(N)cc2)cc1OCC. The van der Waals surface area contributed by atoms with Crippen molar-refractivity contribution < 1.29 is 14.3 Å². The third kappa shape index (κ3) is 6.12. The average molecular weight is 355 g/mol. The van der Waals surface area contributed by atoms with Crippen molar-refractivity contribution in [3.8, 4) is 11.5 Å². The van der Waals surface area contributed by atoms with Gasteiger partial charge in [0.05, 0.1) is 25.8 Å². The van der Waals surface area contributed by atoms with E-state index in [9.17, 15) is 4.79 Å². The maximum atomic E-state index is 11.9. The van der Waals surface area contributed by atoms with E-state index in [1.807, 2.05) is 37.3 Å². The van der Waals surface area contributed by atoms with Crippen LogP contribution in [0.3, 0.4) is 0 Å². The number of amides is 1. The number of rotatable bonds is 9. The van der Waals surface area contributed by atoms with Crippen molar-refractivity contribution in [1.29, 1.82) is 0 Å². The van der Waals surface area contributed by atoms with Gasteiger partial charge in [-0.2, -0.15) is 5.10 Å². The smallest absolute Gasteiger partial charge is 0.244 e. The second-order valence-corrected chi connectivity index (χ2v) is 5.70. The molecule has 0 radical (unpaired) electrons. The molecular weight excluding hydrogens is 330 g/mol. The molecule has 6 heteroatoms. The van der Waals surface area contributed by atoms with Crippen molar-refractivity contribution >= 4 is 17.8 Å². The van der Waals surface area contributed by atoms with Crippen LogP contribution in [0, 0.1) is 0 Å². The van der Waals surface area contributed by atoms with E-state index in [4.69, 9.17) is 15.2 Å². The Morgan fingerprint density at radius 1 is 1.12 bits per heavy atom. The van der Waals surface area contributed by atoms with Crippen molar-refractivity contribution in [2.24, 2.45) is 5.10 Å². The van der Waals surface area contributed by atoms with E-state index in [1.54, 1.807) is 18.3 Å². The molecule has 0 spiro atoms. The highest BCUT2D eigenvalue weighted by Gasteiger charge is 2.06. The average Bonchev–Trinajstić information content (AvgIpc) is 2.63. The number of nitrogens with two attached hydrogens (primary N) is 1. The van der Waals surface area contributed by atoms with Gasteiger partial charge in [-0.25, -0.2) is 5.43 Å². The van der Waals surface area contributed by atoms with Crippen LogP contribution in [-0.2, 0) is 11.2 Å². The van der Waals surface area contributed by atoms with Gasteiger partial charge >= 0.3 is 0 Å². The maximum Gasteiger partial charge on any atom is 0.244 e. The van der Waals surface area contributed by atoms with Crippen LogP contribution in [0.25, 0.3) is 0 Å². The molecule has 0 aromatic heterocycles. The van der Waals surface area contributed by atoms with Crippen LogP contribution in [-0.4, -0.2) is 25.3 Å². The normalized spacial score (nSPS) is 10.7. The Hall–Kier alpha value is -3.02. The largest absolute Gasteiger partial charge is 0.490 e. The molecular formula is C20H25N3O3. The van der Waals surface area contributed by atoms with Gasteiger partial charge in [-0.1, -0.05) is 19.1 Å². The predicted octanol–water partition coefficient (Wildman–Crippen LogP) is 3.15. The Morgan fingerprint density at radius 3 is 2.58 bits per heavy atom. The Balaban J connectivity index is 1.94. The number of hydrogen-bond acceptors (Lipinski definition) is 5. The number of nitrogens with one attached hydrogen (secondary N) is 1. The minimum atomic E-state index is -0.195. The van der Waals surface area contributed by atoms with Crippen LogP contribution in [0.4, 0.5) is 5.69 Å². The number of nitrogens with zero attached hydrogens (tertiary/aromatic N) is 1. The molecule has 0 aliphatic carbocycles. The fourth-order valence-corrected chi connectivity index (χ4v) is 2.24. The lowest BCUT2D eigenvalue weighted by atomic mass is 10.1. The number of nitrogen functional groups attached to an aromatic ring is 1. The van der Waals surface area contributed by atoms with Crippen molar-refractivity contribution in [1.82, 2.24) is 5.43 Å². The lowest BCUT2D eigenvalue weighted by molar-refractivity contribution is -0.120. The first kappa shape index (κ1) is 19.3. The summed E-state index contributed by atoms with van der Waals surface area (Å²) in [6.07, 6.45) is 2.74. The quantitative estimate of drug-likeness (QED) is 0.411. The predicted molar refractivity (Wildman–Crippen MR) is 104 cm³/mol. The van der Waals surface area contributed by atoms with Gasteiger partial charge in [-0.3, -0.25) is 4.79 Å². The molecule has 0 heterocycles. The van der Waals surface area contributed by atoms with Gasteiger partial charge in [-0.05, 0) is 54.8 Å². The minimum Gasteiger partial charge on any atom is -0.490 e. The summed E-state index contributed by atoms with van der Waals surface area (Å²) in [7, 11) is 0. The number of anilines is 1. The first-order chi connectivity index (χ1) is 12.6. The van der Waals surface area contributed by atoms with E-state index >= 15 is 0 Å². The molecule has 0 aliphatic heterocycles. The molecule has 1 amide bonds. The van der Waals surface area contributed by atoms with Gasteiger partial charge in [0, 0.05) is 5.69 Å². The summed E-state index contributed by atoms with van der Waals surface area (Å²) in [6.45, 7) is 5.15. The van der Waals surface area contributed by atoms with Crippen molar-refractivity contribution in [2.45, 2.75) is 26.7 Å². The van der Waals surface area contributed by atoms with Crippen molar-refractivity contribution in [3.63, 3.8) is 0 Å². The molecule has 6 nitrogen and oxygen atoms in total. The third-order valence-electron chi connectivity index (χ3n) is 3.48. The highest BCUT2D eigenvalue weighted by molar-refractivity contribution is 5.84. The van der Waals surface area contributed by atoms with Crippen LogP contribution in [0.1, 0.15) is 31.4 Å². The number of ether oxygens (including phenoxy) is 2. The Morgan fingerprint density at radius 2 is 1.88 bits per heavy atom. The Kier molecular flexibility index (Phi) is 7.49. The molecule has 2 rings (SSSR count). The molecule has 0 atom stereocenters. The number of benzene rings is 2. The third-order valence-corrected chi connectivity index (χ3v) is 3.48. The van der Waals surface area contributed by atoms with Gasteiger partial charge < -0.3 is 15.2 Å². The van der Waals surface area contributed by atoms with Crippen LogP contribution in [0.2, 0.25) is 0 Å². The van der Waals surface area contributed by atoms with E-state index in [-0.39, 0.29) is 12.3 Å². The zero-order chi connectivity index (χ0) is 18.8. The second-order valence-electron chi connectivity index (χ2n) is 5.70. The summed E-state index contributed by atoms with van der Waals surface area (Å²) in [5.74, 6) is 1.18. The number of hydrogen-bond donors (Lipinski definition) is 2. The summed E-state index contributed by atoms with van der Waals surface area (Å²) in [5.41, 5.74) is 10.5. The van der Waals surface area contributed by atoms with Crippen molar-refractivity contribution in [3.05, 3.63) is 53.6 Å². The molecule has 0 aliphatic rings. The maximum absolute atomic E-state index is 11.9. The van der Waals surface area contributed by atoms with Gasteiger partial charge in [-0.15, -0.1) is 0 Å². The fraction of sp³-hybridized carbons (Fsp3) is 0.300. The molecule has 3 N–H and O–H groups in total. The second kappa shape index (κ2) is 10.1. The van der Waals surface area contributed by atoms with E-state index < -0.39 is 0 Å². The lowest BCUT2D eigenvalue weighted by Crippen LogP contribution is -2.19. The number of carbonyl (C=O) groups is 1. The van der Waals surface area contributed by atoms with Gasteiger partial charge in [0.15, 0.2) is 11.5 Å². The number of carbonyl (C=O) groups excluding carboxylic acids is 1. The molecule has 2 aromatic rings. The molecule has 0 fully saturated rings. The molecule has 2 aromatic carbocycles. The lowest BCUT2D eigenvalue weighted by Gasteiger charge is -2.11. The minimum absolute atomic E-state index is 0.195. The van der Waals surface area contributed by atoms with Gasteiger partial charge in [0.2, 0.25) is 5.91 Å². The van der Waals surface area contributed by atoms with Crippen LogP contribution >= 0.6 is 0 Å². The van der Waals surface area contributed by atoms with Gasteiger partial charge in [0.1, 0.15) is 0 Å². The highest BCUT2D eigenvalue weighted by atomic mass is 16.5. The van der Waals surface area contributed by atoms with E-state index in [0.29, 0.717) is 30.4 Å². The summed E-state index contributed by atoms with van der Waals surface area (Å²) in [4.78, 5) is 11.9. The Labute approximate surface area is 154 Å². The summed E-state index contributed by atoms with van der Waals surface area (Å²) in [5, 5.41) is 4.00. The monoisotopic (exact) mass is 355 g/mol. The Bertz CT molecular complexity index is 742. The van der Waals surface area contributed by atoms with E-state index in [0.717, 1.165) is 17.5 Å². The van der Waals surface area contributed by atoms with E-state index in [1.165, 1.54) is 0 Å². The molecule has 0 unspecified atom stereocenters. The fourth-order valence-electron chi connectivity index (χ4n) is 2.24. The summed E-state index contributed by atoms with van der Waals surface area (Å²) in [6, 6.07) is 12.7. The molecule has 0 bridgehead atoms.